The van der Waals surface area contributed by atoms with Gasteiger partial charge >= 0.3 is 35.5 Å². The number of carbonyl (C=O) groups is 3. The Hall–Kier alpha value is -2.11. The van der Waals surface area contributed by atoms with Gasteiger partial charge in [-0.3, -0.25) is 14.4 Å². The first-order chi connectivity index (χ1) is 19.1. The van der Waals surface area contributed by atoms with Crippen LogP contribution < -0.4 is 34.7 Å². The average Bonchev–Trinajstić information content (AvgIpc) is 2.90. The van der Waals surface area contributed by atoms with Crippen molar-refractivity contribution in [2.45, 2.75) is 56.0 Å². The number of aryl methyl sites for hydroxylation is 2. The molecule has 0 saturated heterocycles. The van der Waals surface area contributed by atoms with Gasteiger partial charge in [-0.15, -0.1) is 29.3 Å². The van der Waals surface area contributed by atoms with Crippen molar-refractivity contribution in [2.75, 3.05) is 18.6 Å². The van der Waals surface area contributed by atoms with Gasteiger partial charge in [-0.25, -0.2) is 9.97 Å². The zero-order valence-electron chi connectivity index (χ0n) is 24.0. The zero-order valence-corrected chi connectivity index (χ0v) is 27.6. The number of carbonyl (C=O) groups excluding carboxylic acids is 3. The number of thioether (sulfide) groups is 2. The number of hydrogen-bond donors (Lipinski definition) is 1. The number of allylic oxidation sites excluding steroid dienone is 3. The molecule has 214 valence electrons. The third kappa shape index (κ3) is 12.0. The standard InChI is InChI=1S/C16H19NO4S.C14H17NO2S.Na/c1-10-3-4-14(17-9-10)22-6-5-11-7-12(18)8-13(19)15(11)16(20)21-2;1-10-2-3-14(15-9-10)18-5-4-11-6-12(16)8-13(17)7-11;/h3-4,8-9,11,15,19H,5-7H2,1-2H3;2-3,8-9,11,16H,4-7H2,1H3;/q;;+1/p-1. The van der Waals surface area contributed by atoms with Crippen molar-refractivity contribution in [3.63, 3.8) is 0 Å². The number of aliphatic hydroxyl groups excluding tert-OH is 1. The van der Waals surface area contributed by atoms with Gasteiger partial charge in [-0.05, 0) is 79.4 Å². The number of methoxy groups -OCH3 is 1. The Labute approximate surface area is 272 Å². The Morgan fingerprint density at radius 3 is 2.00 bits per heavy atom. The van der Waals surface area contributed by atoms with Crippen LogP contribution in [0.2, 0.25) is 0 Å². The molecule has 2 heterocycles. The summed E-state index contributed by atoms with van der Waals surface area (Å²) < 4.78 is 4.69. The summed E-state index contributed by atoms with van der Waals surface area (Å²) >= 11 is 3.25. The number of ketones is 2. The third-order valence-corrected chi connectivity index (χ3v) is 8.55. The molecule has 2 aromatic heterocycles. The fourth-order valence-corrected chi connectivity index (χ4v) is 6.38. The summed E-state index contributed by atoms with van der Waals surface area (Å²) in [6.07, 6.45) is 8.96. The third-order valence-electron chi connectivity index (χ3n) is 6.60. The van der Waals surface area contributed by atoms with Crippen molar-refractivity contribution in [1.29, 1.82) is 0 Å². The molecule has 0 radical (unpaired) electrons. The number of ether oxygens (including phenoxy) is 1. The molecule has 0 amide bonds. The Kier molecular flexibility index (Phi) is 15.2. The van der Waals surface area contributed by atoms with E-state index in [2.05, 4.69) is 9.97 Å². The van der Waals surface area contributed by atoms with Crippen LogP contribution in [0.5, 0.6) is 0 Å². The monoisotopic (exact) mass is 606 g/mol. The van der Waals surface area contributed by atoms with E-state index in [-0.39, 0.29) is 65.1 Å². The maximum Gasteiger partial charge on any atom is 1.00 e. The smallest absolute Gasteiger partial charge is 0.875 e. The predicted octanol–water partition coefficient (Wildman–Crippen LogP) is 1.79. The Morgan fingerprint density at radius 2 is 1.49 bits per heavy atom. The molecule has 0 aliphatic heterocycles. The molecule has 3 atom stereocenters. The fraction of sp³-hybridized carbons (Fsp3) is 0.433. The second kappa shape index (κ2) is 17.8. The zero-order chi connectivity index (χ0) is 29.1. The fourth-order valence-electron chi connectivity index (χ4n) is 4.50. The number of hydrogen-bond acceptors (Lipinski definition) is 10. The summed E-state index contributed by atoms with van der Waals surface area (Å²) in [4.78, 5) is 43.3. The van der Waals surface area contributed by atoms with Gasteiger partial charge in [0.15, 0.2) is 11.6 Å². The van der Waals surface area contributed by atoms with Crippen LogP contribution in [0.25, 0.3) is 0 Å². The molecule has 0 fully saturated rings. The molecule has 2 aromatic rings. The quantitative estimate of drug-likeness (QED) is 0.256. The molecule has 4 rings (SSSR count). The van der Waals surface area contributed by atoms with Gasteiger partial charge in [-0.1, -0.05) is 12.1 Å². The molecule has 8 nitrogen and oxygen atoms in total. The van der Waals surface area contributed by atoms with Gasteiger partial charge in [-0.2, -0.15) is 0 Å². The largest absolute Gasteiger partial charge is 1.00 e. The van der Waals surface area contributed by atoms with Gasteiger partial charge in [0.25, 0.3) is 0 Å². The molecule has 0 spiro atoms. The Balaban J connectivity index is 0.000000285. The SMILES string of the molecule is COC(=O)C1C([O-])=CC(=O)CC1CCSc1ccc(C)cn1.Cc1ccc(SCCC2CC(=O)C=C(O)C2)nc1.[Na+]. The van der Waals surface area contributed by atoms with Gasteiger partial charge in [0, 0.05) is 37.7 Å². The van der Waals surface area contributed by atoms with Crippen molar-refractivity contribution in [3.8, 4) is 0 Å². The molecular formula is C30H35N2NaO6S2. The maximum atomic E-state index is 11.9. The molecule has 2 aliphatic rings. The van der Waals surface area contributed by atoms with Gasteiger partial charge in [0.05, 0.1) is 28.8 Å². The summed E-state index contributed by atoms with van der Waals surface area (Å²) in [6.45, 7) is 3.99. The molecule has 0 aromatic carbocycles. The molecule has 0 saturated carbocycles. The Morgan fingerprint density at radius 1 is 0.927 bits per heavy atom. The summed E-state index contributed by atoms with van der Waals surface area (Å²) in [5.41, 5.74) is 2.25. The number of rotatable bonds is 9. The first-order valence-electron chi connectivity index (χ1n) is 13.2. The van der Waals surface area contributed by atoms with Gasteiger partial charge in [0.2, 0.25) is 0 Å². The number of aromatic nitrogens is 2. The molecule has 11 heteroatoms. The van der Waals surface area contributed by atoms with Crippen LogP contribution in [0.1, 0.15) is 43.2 Å². The summed E-state index contributed by atoms with van der Waals surface area (Å²) in [7, 11) is 1.26. The van der Waals surface area contributed by atoms with E-state index in [4.69, 9.17) is 4.74 Å². The van der Waals surface area contributed by atoms with Crippen LogP contribution in [0.15, 0.2) is 70.4 Å². The minimum Gasteiger partial charge on any atom is -0.875 e. The van der Waals surface area contributed by atoms with Crippen LogP contribution >= 0.6 is 23.5 Å². The summed E-state index contributed by atoms with van der Waals surface area (Å²) in [5, 5.41) is 23.2. The van der Waals surface area contributed by atoms with E-state index < -0.39 is 17.6 Å². The first-order valence-corrected chi connectivity index (χ1v) is 15.1. The van der Waals surface area contributed by atoms with Crippen molar-refractivity contribution in [3.05, 3.63) is 71.5 Å². The molecule has 1 N–H and O–H groups in total. The predicted molar refractivity (Wildman–Crippen MR) is 154 cm³/mol. The Bertz CT molecular complexity index is 1230. The second-order valence-electron chi connectivity index (χ2n) is 9.98. The molecular weight excluding hydrogens is 571 g/mol. The molecule has 3 unspecified atom stereocenters. The molecule has 41 heavy (non-hydrogen) atoms. The van der Waals surface area contributed by atoms with E-state index >= 15 is 0 Å². The van der Waals surface area contributed by atoms with Crippen LogP contribution in [-0.2, 0) is 19.1 Å². The van der Waals surface area contributed by atoms with E-state index in [1.54, 1.807) is 29.7 Å². The van der Waals surface area contributed by atoms with Crippen molar-refractivity contribution >= 4 is 41.1 Å². The average molecular weight is 607 g/mol. The van der Waals surface area contributed by atoms with Crippen LogP contribution in [0.4, 0.5) is 0 Å². The minimum atomic E-state index is -0.853. The normalized spacial score (nSPS) is 20.1. The number of esters is 1. The van der Waals surface area contributed by atoms with Gasteiger partial charge in [0.1, 0.15) is 0 Å². The number of pyridine rings is 2. The van der Waals surface area contributed by atoms with Crippen molar-refractivity contribution < 1.29 is 58.9 Å². The maximum absolute atomic E-state index is 11.9. The van der Waals surface area contributed by atoms with Gasteiger partial charge < -0.3 is 14.9 Å². The molecule has 0 bridgehead atoms. The van der Waals surface area contributed by atoms with E-state index in [9.17, 15) is 24.6 Å². The summed E-state index contributed by atoms with van der Waals surface area (Å²) in [5.74, 6) is -0.185. The summed E-state index contributed by atoms with van der Waals surface area (Å²) in [6, 6.07) is 7.98. The first kappa shape index (κ1) is 35.1. The van der Waals surface area contributed by atoms with Crippen molar-refractivity contribution in [2.24, 2.45) is 17.8 Å². The van der Waals surface area contributed by atoms with Crippen LogP contribution in [0.3, 0.4) is 0 Å². The molecule has 2 aliphatic carbocycles. The van der Waals surface area contributed by atoms with E-state index in [1.165, 1.54) is 13.2 Å². The van der Waals surface area contributed by atoms with Crippen molar-refractivity contribution in [1.82, 2.24) is 9.97 Å². The minimum absolute atomic E-state index is 0. The number of aliphatic hydroxyl groups is 1. The van der Waals surface area contributed by atoms with E-state index in [1.807, 2.05) is 44.3 Å². The van der Waals surface area contributed by atoms with Crippen LogP contribution in [0, 0.1) is 31.6 Å². The number of nitrogens with zero attached hydrogens (tertiary/aromatic N) is 2. The van der Waals surface area contributed by atoms with Crippen LogP contribution in [-0.4, -0.2) is 51.2 Å². The second-order valence-corrected chi connectivity index (χ2v) is 12.2. The van der Waals surface area contributed by atoms with E-state index in [0.717, 1.165) is 39.4 Å². The van der Waals surface area contributed by atoms with E-state index in [0.29, 0.717) is 25.0 Å². The topological polar surface area (TPSA) is 130 Å².